The largest absolute Gasteiger partial charge is 0.416 e. The lowest BCUT2D eigenvalue weighted by Crippen LogP contribution is -2.58. The summed E-state index contributed by atoms with van der Waals surface area (Å²) in [5.41, 5.74) is -3.46. The van der Waals surface area contributed by atoms with Crippen LogP contribution in [0.3, 0.4) is 0 Å². The van der Waals surface area contributed by atoms with Gasteiger partial charge in [0.2, 0.25) is 0 Å². The molecule has 2 rings (SSSR count). The van der Waals surface area contributed by atoms with Crippen LogP contribution in [-0.2, 0) is 17.1 Å². The van der Waals surface area contributed by atoms with Crippen LogP contribution in [0.2, 0.25) is 0 Å². The van der Waals surface area contributed by atoms with Crippen molar-refractivity contribution in [1.82, 2.24) is 4.90 Å². The molecule has 0 radical (unpaired) electrons. The third-order valence-corrected chi connectivity index (χ3v) is 5.24. The molecule has 0 bridgehead atoms. The average molecular weight is 518 g/mol. The van der Waals surface area contributed by atoms with Gasteiger partial charge in [-0.1, -0.05) is 24.6 Å². The Bertz CT molecular complexity index is 958. The Morgan fingerprint density at radius 3 is 2.06 bits per heavy atom. The molecule has 0 saturated carbocycles. The van der Waals surface area contributed by atoms with Gasteiger partial charge in [-0.2, -0.15) is 26.3 Å². The van der Waals surface area contributed by atoms with Gasteiger partial charge in [-0.3, -0.25) is 9.79 Å². The number of halogens is 9. The molecule has 188 valence electrons. The highest BCUT2D eigenvalue weighted by molar-refractivity contribution is 6.42. The zero-order chi connectivity index (χ0) is 25.9. The molecule has 13 heteroatoms. The normalized spacial score (nSPS) is 18.3. The summed E-state index contributed by atoms with van der Waals surface area (Å²) in [4.78, 5) is 20.5. The number of aliphatic imine (C=N–C) groups is 2. The summed E-state index contributed by atoms with van der Waals surface area (Å²) < 4.78 is 104. The first-order chi connectivity index (χ1) is 15.6. The van der Waals surface area contributed by atoms with E-state index in [2.05, 4.69) is 9.98 Å². The number of hydrogen-bond donors (Lipinski definition) is 0. The van der Waals surface area contributed by atoms with Gasteiger partial charge in [0.25, 0.3) is 11.8 Å². The van der Waals surface area contributed by atoms with Crippen LogP contribution in [0.15, 0.2) is 39.3 Å². The highest BCUT2D eigenvalue weighted by Gasteiger charge is 2.46. The van der Waals surface area contributed by atoms with E-state index in [0.29, 0.717) is 18.6 Å². The maximum Gasteiger partial charge on any atom is 0.416 e. The number of likely N-dealkylation sites (tertiary alicyclic amines) is 1. The van der Waals surface area contributed by atoms with E-state index >= 15 is 0 Å². The Morgan fingerprint density at radius 2 is 1.65 bits per heavy atom. The number of carbonyl (C=O) groups is 1. The average Bonchev–Trinajstić information content (AvgIpc) is 2.72. The summed E-state index contributed by atoms with van der Waals surface area (Å²) >= 11 is 5.88. The first kappa shape index (κ1) is 27.7. The zero-order valence-corrected chi connectivity index (χ0v) is 18.7. The van der Waals surface area contributed by atoms with Crippen LogP contribution < -0.4 is 0 Å². The SMILES string of the molecule is CCC(C=NC(=NC)c1cc(C(F)(F)F)cc(C(F)(F)F)c1)C/C=C(/Cl)C(=O)N1CC(F)(F)C1. The second kappa shape index (κ2) is 10.4. The molecular formula is C21H20ClF8N3O. The lowest BCUT2D eigenvalue weighted by atomic mass is 10.0. The van der Waals surface area contributed by atoms with E-state index in [1.165, 1.54) is 19.3 Å². The van der Waals surface area contributed by atoms with Crippen molar-refractivity contribution in [3.63, 3.8) is 0 Å². The molecule has 1 heterocycles. The summed E-state index contributed by atoms with van der Waals surface area (Å²) in [6.45, 7) is 0.259. The van der Waals surface area contributed by atoms with Crippen molar-refractivity contribution in [2.45, 2.75) is 38.0 Å². The molecule has 1 aromatic carbocycles. The van der Waals surface area contributed by atoms with E-state index in [0.717, 1.165) is 4.90 Å². The Labute approximate surface area is 195 Å². The first-order valence-corrected chi connectivity index (χ1v) is 10.3. The molecule has 34 heavy (non-hydrogen) atoms. The van der Waals surface area contributed by atoms with Crippen LogP contribution >= 0.6 is 11.6 Å². The third-order valence-electron chi connectivity index (χ3n) is 4.93. The van der Waals surface area contributed by atoms with Crippen molar-refractivity contribution in [2.75, 3.05) is 20.1 Å². The Kier molecular flexibility index (Phi) is 8.49. The van der Waals surface area contributed by atoms with E-state index in [1.54, 1.807) is 6.92 Å². The second-order valence-electron chi connectivity index (χ2n) is 7.59. The number of benzene rings is 1. The number of allylic oxidation sites excluding steroid dienone is 1. The maximum absolute atomic E-state index is 13.1. The summed E-state index contributed by atoms with van der Waals surface area (Å²) in [6.07, 6.45) is -6.90. The highest BCUT2D eigenvalue weighted by atomic mass is 35.5. The number of rotatable bonds is 6. The van der Waals surface area contributed by atoms with Gasteiger partial charge in [-0.15, -0.1) is 0 Å². The first-order valence-electron chi connectivity index (χ1n) is 9.91. The van der Waals surface area contributed by atoms with E-state index in [4.69, 9.17) is 11.6 Å². The molecule has 1 aromatic rings. The molecular weight excluding hydrogens is 498 g/mol. The number of carbonyl (C=O) groups excluding carboxylic acids is 1. The molecule has 1 fully saturated rings. The van der Waals surface area contributed by atoms with Gasteiger partial charge in [-0.25, -0.2) is 13.8 Å². The van der Waals surface area contributed by atoms with E-state index < -0.39 is 59.9 Å². The number of alkyl halides is 8. The quantitative estimate of drug-likeness (QED) is 0.192. The zero-order valence-electron chi connectivity index (χ0n) is 17.9. The fourth-order valence-corrected chi connectivity index (χ4v) is 3.21. The van der Waals surface area contributed by atoms with Gasteiger partial charge in [0.05, 0.1) is 24.2 Å². The molecule has 1 saturated heterocycles. The van der Waals surface area contributed by atoms with Crippen molar-refractivity contribution in [3.8, 4) is 0 Å². The molecule has 0 aromatic heterocycles. The monoisotopic (exact) mass is 517 g/mol. The molecule has 1 aliphatic rings. The number of hydrogen-bond acceptors (Lipinski definition) is 2. The van der Waals surface area contributed by atoms with Crippen molar-refractivity contribution >= 4 is 29.6 Å². The second-order valence-corrected chi connectivity index (χ2v) is 8.00. The number of nitrogens with zero attached hydrogens (tertiary/aromatic N) is 3. The van der Waals surface area contributed by atoms with E-state index in [1.807, 2.05) is 0 Å². The van der Waals surface area contributed by atoms with Crippen LogP contribution in [0, 0.1) is 5.92 Å². The standard InChI is InChI=1S/C21H20ClF8N3O/c1-3-12(4-5-16(22)18(34)33-10-19(23,24)11-33)9-32-17(31-2)13-6-14(20(25,26)27)8-15(7-13)21(28,29)30/h5-9,12H,3-4,10-11H2,1-2H3/b16-5+,31-17?,32-9?. The summed E-state index contributed by atoms with van der Waals surface area (Å²) in [6, 6.07) is 1.05. The predicted octanol–water partition coefficient (Wildman–Crippen LogP) is 6.19. The molecule has 0 spiro atoms. The molecule has 1 atom stereocenters. The minimum Gasteiger partial charge on any atom is -0.326 e. The minimum atomic E-state index is -5.01. The Balaban J connectivity index is 2.21. The summed E-state index contributed by atoms with van der Waals surface area (Å²) in [5.74, 6) is -4.48. The van der Waals surface area contributed by atoms with Crippen LogP contribution in [-0.4, -0.2) is 48.9 Å². The van der Waals surface area contributed by atoms with Gasteiger partial charge in [0.15, 0.2) is 5.84 Å². The fraction of sp³-hybridized carbons (Fsp3) is 0.476. The predicted molar refractivity (Wildman–Crippen MR) is 111 cm³/mol. The van der Waals surface area contributed by atoms with Gasteiger partial charge in [-0.05, 0) is 37.0 Å². The molecule has 1 amide bonds. The van der Waals surface area contributed by atoms with Crippen molar-refractivity contribution in [3.05, 3.63) is 46.0 Å². The molecule has 0 aliphatic carbocycles. The summed E-state index contributed by atoms with van der Waals surface area (Å²) in [7, 11) is 1.17. The lowest BCUT2D eigenvalue weighted by molar-refractivity contribution is -0.161. The molecule has 1 aliphatic heterocycles. The van der Waals surface area contributed by atoms with Crippen molar-refractivity contribution in [2.24, 2.45) is 15.9 Å². The fourth-order valence-electron chi connectivity index (χ4n) is 3.00. The smallest absolute Gasteiger partial charge is 0.326 e. The van der Waals surface area contributed by atoms with Crippen molar-refractivity contribution < 1.29 is 39.9 Å². The van der Waals surface area contributed by atoms with Gasteiger partial charge in [0, 0.05) is 18.8 Å². The van der Waals surface area contributed by atoms with E-state index in [9.17, 15) is 39.9 Å². The van der Waals surface area contributed by atoms with Crippen LogP contribution in [0.1, 0.15) is 36.5 Å². The van der Waals surface area contributed by atoms with Crippen LogP contribution in [0.5, 0.6) is 0 Å². The van der Waals surface area contributed by atoms with E-state index in [-0.39, 0.29) is 23.4 Å². The molecule has 1 unspecified atom stereocenters. The topological polar surface area (TPSA) is 45.0 Å². The lowest BCUT2D eigenvalue weighted by Gasteiger charge is -2.38. The van der Waals surface area contributed by atoms with Crippen LogP contribution in [0.4, 0.5) is 35.1 Å². The molecule has 4 nitrogen and oxygen atoms in total. The number of amidine groups is 1. The highest BCUT2D eigenvalue weighted by Crippen LogP contribution is 2.36. The van der Waals surface area contributed by atoms with Crippen molar-refractivity contribution in [1.29, 1.82) is 0 Å². The molecule has 0 N–H and O–H groups in total. The van der Waals surface area contributed by atoms with Gasteiger partial charge < -0.3 is 4.90 Å². The Morgan fingerprint density at radius 1 is 1.12 bits per heavy atom. The summed E-state index contributed by atoms with van der Waals surface area (Å²) in [5, 5.41) is -0.278. The third kappa shape index (κ3) is 7.25. The number of amides is 1. The van der Waals surface area contributed by atoms with Gasteiger partial charge in [0.1, 0.15) is 5.03 Å². The maximum atomic E-state index is 13.1. The Hall–Kier alpha value is -2.50. The van der Waals surface area contributed by atoms with Crippen LogP contribution in [0.25, 0.3) is 0 Å². The minimum absolute atomic E-state index is 0.00709. The van der Waals surface area contributed by atoms with Gasteiger partial charge >= 0.3 is 12.4 Å².